The van der Waals surface area contributed by atoms with E-state index in [1.54, 1.807) is 19.2 Å². The Bertz CT molecular complexity index is 732. The lowest BCUT2D eigenvalue weighted by molar-refractivity contribution is -0.136. The summed E-state index contributed by atoms with van der Waals surface area (Å²) < 4.78 is 13.2. The van der Waals surface area contributed by atoms with E-state index in [2.05, 4.69) is 15.5 Å². The van der Waals surface area contributed by atoms with Crippen LogP contribution in [0.25, 0.3) is 11.3 Å². The minimum absolute atomic E-state index is 0.101. The number of nitrogens with zero attached hydrogens (tertiary/aromatic N) is 2. The first-order valence-electron chi connectivity index (χ1n) is 7.96. The molecule has 1 heterocycles. The van der Waals surface area contributed by atoms with Crippen LogP contribution in [0.5, 0.6) is 0 Å². The number of aliphatic carboxylic acids is 1. The molecule has 2 rings (SSSR count). The molecule has 0 saturated heterocycles. The molecule has 0 aliphatic rings. The summed E-state index contributed by atoms with van der Waals surface area (Å²) >= 11 is 0. The third kappa shape index (κ3) is 5.91. The molecule has 7 nitrogen and oxygen atoms in total. The molecule has 25 heavy (non-hydrogen) atoms. The topological polar surface area (TPSA) is 98.3 Å². The number of hydrogen-bond donors (Lipinski definition) is 3. The highest BCUT2D eigenvalue weighted by Crippen LogP contribution is 2.19. The standard InChI is InChI=1S/C17H21FN4O3/c1-22(17(25)19-8-7-16(23)24)9-3-6-14-11-15(21-20-14)12-4-2-5-13(18)10-12/h2,4-5,10-11H,3,6-9H2,1H3,(H,19,25)(H,20,21)(H,23,24). The van der Waals surface area contributed by atoms with Crippen molar-refractivity contribution in [2.24, 2.45) is 0 Å². The van der Waals surface area contributed by atoms with Crippen molar-refractivity contribution in [1.29, 1.82) is 0 Å². The Morgan fingerprint density at radius 2 is 2.16 bits per heavy atom. The summed E-state index contributed by atoms with van der Waals surface area (Å²) in [5.74, 6) is -1.26. The van der Waals surface area contributed by atoms with Crippen LogP contribution in [-0.4, -0.2) is 52.3 Å². The van der Waals surface area contributed by atoms with Crippen molar-refractivity contribution in [3.63, 3.8) is 0 Å². The van der Waals surface area contributed by atoms with Gasteiger partial charge in [0.15, 0.2) is 0 Å². The summed E-state index contributed by atoms with van der Waals surface area (Å²) in [4.78, 5) is 23.7. The number of carbonyl (C=O) groups excluding carboxylic acids is 1. The van der Waals surface area contributed by atoms with Gasteiger partial charge in [0.2, 0.25) is 0 Å². The van der Waals surface area contributed by atoms with Crippen molar-refractivity contribution in [2.75, 3.05) is 20.1 Å². The second-order valence-electron chi connectivity index (χ2n) is 5.69. The number of carbonyl (C=O) groups is 2. The molecular formula is C17H21FN4O3. The average Bonchev–Trinajstić information content (AvgIpc) is 3.03. The Morgan fingerprint density at radius 3 is 2.88 bits per heavy atom. The second-order valence-corrected chi connectivity index (χ2v) is 5.69. The molecular weight excluding hydrogens is 327 g/mol. The Kier molecular flexibility index (Phi) is 6.50. The van der Waals surface area contributed by atoms with Crippen molar-refractivity contribution < 1.29 is 19.1 Å². The zero-order valence-electron chi connectivity index (χ0n) is 14.0. The van der Waals surface area contributed by atoms with E-state index in [9.17, 15) is 14.0 Å². The van der Waals surface area contributed by atoms with Crippen LogP contribution in [0.1, 0.15) is 18.5 Å². The highest BCUT2D eigenvalue weighted by Gasteiger charge is 2.09. The van der Waals surface area contributed by atoms with Crippen LogP contribution in [0, 0.1) is 5.82 Å². The largest absolute Gasteiger partial charge is 0.481 e. The number of benzene rings is 1. The number of nitrogens with one attached hydrogen (secondary N) is 2. The van der Waals surface area contributed by atoms with E-state index in [4.69, 9.17) is 5.11 Å². The first-order valence-corrected chi connectivity index (χ1v) is 7.96. The van der Waals surface area contributed by atoms with Crippen molar-refractivity contribution in [2.45, 2.75) is 19.3 Å². The fourth-order valence-electron chi connectivity index (χ4n) is 2.30. The van der Waals surface area contributed by atoms with Gasteiger partial charge in [-0.2, -0.15) is 5.10 Å². The number of rotatable bonds is 8. The summed E-state index contributed by atoms with van der Waals surface area (Å²) in [6, 6.07) is 7.80. The zero-order valence-corrected chi connectivity index (χ0v) is 14.0. The Labute approximate surface area is 144 Å². The van der Waals surface area contributed by atoms with Crippen LogP contribution in [0.2, 0.25) is 0 Å². The summed E-state index contributed by atoms with van der Waals surface area (Å²) in [6.45, 7) is 0.628. The lowest BCUT2D eigenvalue weighted by atomic mass is 10.1. The minimum Gasteiger partial charge on any atom is -0.481 e. The molecule has 3 N–H and O–H groups in total. The molecule has 2 aromatic rings. The predicted octanol–water partition coefficient (Wildman–Crippen LogP) is 2.26. The van der Waals surface area contributed by atoms with Crippen LogP contribution in [-0.2, 0) is 11.2 Å². The molecule has 8 heteroatoms. The Hall–Kier alpha value is -2.90. The van der Waals surface area contributed by atoms with Crippen molar-refractivity contribution >= 4 is 12.0 Å². The summed E-state index contributed by atoms with van der Waals surface area (Å²) in [7, 11) is 1.65. The molecule has 0 bridgehead atoms. The molecule has 0 spiro atoms. The Morgan fingerprint density at radius 1 is 1.36 bits per heavy atom. The number of carboxylic acid groups (broad SMARTS) is 1. The van der Waals surface area contributed by atoms with Crippen LogP contribution >= 0.6 is 0 Å². The van der Waals surface area contributed by atoms with Gasteiger partial charge < -0.3 is 15.3 Å². The number of carboxylic acids is 1. The summed E-state index contributed by atoms with van der Waals surface area (Å²) in [5.41, 5.74) is 2.28. The van der Waals surface area contributed by atoms with Crippen LogP contribution in [0.4, 0.5) is 9.18 Å². The fraction of sp³-hybridized carbons (Fsp3) is 0.353. The number of halogens is 1. The van der Waals surface area contributed by atoms with E-state index < -0.39 is 5.97 Å². The fourth-order valence-corrected chi connectivity index (χ4v) is 2.30. The number of aromatic nitrogens is 2. The zero-order chi connectivity index (χ0) is 18.2. The molecule has 0 aliphatic heterocycles. The van der Waals surface area contributed by atoms with E-state index >= 15 is 0 Å². The smallest absolute Gasteiger partial charge is 0.317 e. The van der Waals surface area contributed by atoms with Crippen molar-refractivity contribution in [3.05, 3.63) is 41.8 Å². The van der Waals surface area contributed by atoms with Gasteiger partial charge in [0.25, 0.3) is 0 Å². The van der Waals surface area contributed by atoms with Crippen molar-refractivity contribution in [1.82, 2.24) is 20.4 Å². The van der Waals surface area contributed by atoms with Crippen LogP contribution in [0.15, 0.2) is 30.3 Å². The lowest BCUT2D eigenvalue weighted by Gasteiger charge is -2.17. The molecule has 0 saturated carbocycles. The Balaban J connectivity index is 1.76. The van der Waals surface area contributed by atoms with Gasteiger partial charge in [0, 0.05) is 31.4 Å². The third-order valence-electron chi connectivity index (χ3n) is 3.65. The number of aryl methyl sites for hydroxylation is 1. The van der Waals surface area contributed by atoms with Crippen LogP contribution in [0.3, 0.4) is 0 Å². The first-order chi connectivity index (χ1) is 12.0. The van der Waals surface area contributed by atoms with Gasteiger partial charge in [-0.15, -0.1) is 0 Å². The third-order valence-corrected chi connectivity index (χ3v) is 3.65. The van der Waals surface area contributed by atoms with Gasteiger partial charge in [-0.1, -0.05) is 12.1 Å². The minimum atomic E-state index is -0.948. The van der Waals surface area contributed by atoms with Gasteiger partial charge >= 0.3 is 12.0 Å². The van der Waals surface area contributed by atoms with E-state index in [1.165, 1.54) is 17.0 Å². The van der Waals surface area contributed by atoms with E-state index in [-0.39, 0.29) is 24.8 Å². The molecule has 0 fully saturated rings. The SMILES string of the molecule is CN(CCCc1cc(-c2cccc(F)c2)n[nH]1)C(=O)NCCC(=O)O. The molecule has 1 aromatic heterocycles. The number of urea groups is 1. The summed E-state index contributed by atoms with van der Waals surface area (Å²) in [5, 5.41) is 18.2. The number of amides is 2. The van der Waals surface area contributed by atoms with Crippen LogP contribution < -0.4 is 5.32 Å². The molecule has 134 valence electrons. The second kappa shape index (κ2) is 8.81. The van der Waals surface area contributed by atoms with Gasteiger partial charge in [-0.3, -0.25) is 9.89 Å². The monoisotopic (exact) mass is 348 g/mol. The number of H-pyrrole nitrogens is 1. The quantitative estimate of drug-likeness (QED) is 0.681. The first kappa shape index (κ1) is 18.4. The molecule has 0 unspecified atom stereocenters. The lowest BCUT2D eigenvalue weighted by Crippen LogP contribution is -2.38. The highest BCUT2D eigenvalue weighted by molar-refractivity contribution is 5.74. The van der Waals surface area contributed by atoms with Crippen molar-refractivity contribution in [3.8, 4) is 11.3 Å². The maximum Gasteiger partial charge on any atom is 0.317 e. The van der Waals surface area contributed by atoms with Gasteiger partial charge in [0.1, 0.15) is 5.82 Å². The van der Waals surface area contributed by atoms with E-state index in [0.29, 0.717) is 30.6 Å². The highest BCUT2D eigenvalue weighted by atomic mass is 19.1. The number of hydrogen-bond acceptors (Lipinski definition) is 3. The van der Waals surface area contributed by atoms with Gasteiger partial charge in [0.05, 0.1) is 12.1 Å². The molecule has 0 radical (unpaired) electrons. The van der Waals surface area contributed by atoms with Gasteiger partial charge in [-0.05, 0) is 31.0 Å². The molecule has 0 atom stereocenters. The maximum atomic E-state index is 13.2. The van der Waals surface area contributed by atoms with E-state index in [1.807, 2.05) is 6.07 Å². The number of aromatic amines is 1. The molecule has 0 aliphatic carbocycles. The predicted molar refractivity (Wildman–Crippen MR) is 90.6 cm³/mol. The average molecular weight is 348 g/mol. The maximum absolute atomic E-state index is 13.2. The van der Waals surface area contributed by atoms with Gasteiger partial charge in [-0.25, -0.2) is 9.18 Å². The molecule has 1 aromatic carbocycles. The molecule has 2 amide bonds. The summed E-state index contributed by atoms with van der Waals surface area (Å²) in [6.07, 6.45) is 1.30. The normalized spacial score (nSPS) is 10.5. The van der Waals surface area contributed by atoms with E-state index in [0.717, 1.165) is 5.69 Å².